The molecule has 0 atom stereocenters. The summed E-state index contributed by atoms with van der Waals surface area (Å²) < 4.78 is 5.04. The van der Waals surface area contributed by atoms with Crippen LogP contribution in [0.5, 0.6) is 11.5 Å². The van der Waals surface area contributed by atoms with Gasteiger partial charge in [-0.15, -0.1) is 0 Å². The van der Waals surface area contributed by atoms with Gasteiger partial charge in [0.05, 0.1) is 7.11 Å². The fourth-order valence-corrected chi connectivity index (χ4v) is 1.86. The third kappa shape index (κ3) is 3.99. The van der Waals surface area contributed by atoms with Gasteiger partial charge in [0.15, 0.2) is 0 Å². The van der Waals surface area contributed by atoms with E-state index in [0.29, 0.717) is 12.3 Å². The Bertz CT molecular complexity index is 497. The van der Waals surface area contributed by atoms with Crippen molar-refractivity contribution in [3.8, 4) is 11.5 Å². The van der Waals surface area contributed by atoms with Crippen molar-refractivity contribution in [1.29, 1.82) is 0 Å². The molecule has 0 radical (unpaired) electrons. The molecule has 1 aromatic carbocycles. The van der Waals surface area contributed by atoms with Gasteiger partial charge in [0.25, 0.3) is 0 Å². The normalized spacial score (nSPS) is 10.6. The van der Waals surface area contributed by atoms with Crippen LogP contribution in [0.15, 0.2) is 30.6 Å². The zero-order valence-electron chi connectivity index (χ0n) is 11.0. The zero-order chi connectivity index (χ0) is 13.5. The first kappa shape index (κ1) is 13.4. The number of aryl methyl sites for hydroxylation is 1. The number of hydrogen-bond donors (Lipinski definition) is 3. The Kier molecular flexibility index (Phi) is 4.80. The van der Waals surface area contributed by atoms with Crippen LogP contribution < -0.4 is 10.1 Å². The van der Waals surface area contributed by atoms with Crippen LogP contribution in [-0.2, 0) is 13.0 Å². The summed E-state index contributed by atoms with van der Waals surface area (Å²) in [6, 6.07) is 5.34. The van der Waals surface area contributed by atoms with E-state index in [-0.39, 0.29) is 5.75 Å². The Morgan fingerprint density at radius 3 is 3.00 bits per heavy atom. The first-order valence-electron chi connectivity index (χ1n) is 6.34. The molecule has 0 saturated heterocycles. The predicted octanol–water partition coefficient (Wildman–Crippen LogP) is 1.85. The summed E-state index contributed by atoms with van der Waals surface area (Å²) in [7, 11) is 1.58. The molecule has 1 aromatic heterocycles. The van der Waals surface area contributed by atoms with Gasteiger partial charge in [0.2, 0.25) is 0 Å². The number of nitrogens with zero attached hydrogens (tertiary/aromatic N) is 1. The Balaban J connectivity index is 1.70. The molecule has 1 heterocycles. The smallest absolute Gasteiger partial charge is 0.123 e. The summed E-state index contributed by atoms with van der Waals surface area (Å²) in [5.41, 5.74) is 0.874. The number of phenols is 1. The minimum Gasteiger partial charge on any atom is -0.507 e. The molecule has 0 aliphatic heterocycles. The number of aromatic amines is 1. The number of imidazole rings is 1. The quantitative estimate of drug-likeness (QED) is 0.665. The van der Waals surface area contributed by atoms with Crippen molar-refractivity contribution < 1.29 is 9.84 Å². The van der Waals surface area contributed by atoms with Crippen molar-refractivity contribution in [3.63, 3.8) is 0 Å². The molecule has 5 heteroatoms. The van der Waals surface area contributed by atoms with Crippen molar-refractivity contribution >= 4 is 0 Å². The molecule has 2 aromatic rings. The highest BCUT2D eigenvalue weighted by Crippen LogP contribution is 2.22. The van der Waals surface area contributed by atoms with Crippen LogP contribution >= 0.6 is 0 Å². The lowest BCUT2D eigenvalue weighted by molar-refractivity contribution is 0.406. The van der Waals surface area contributed by atoms with Crippen LogP contribution in [0.25, 0.3) is 0 Å². The zero-order valence-corrected chi connectivity index (χ0v) is 11.0. The molecule has 0 fully saturated rings. The maximum atomic E-state index is 9.79. The minimum absolute atomic E-state index is 0.262. The van der Waals surface area contributed by atoms with Crippen molar-refractivity contribution in [2.24, 2.45) is 0 Å². The fraction of sp³-hybridized carbons (Fsp3) is 0.357. The molecule has 19 heavy (non-hydrogen) atoms. The van der Waals surface area contributed by atoms with Crippen LogP contribution in [-0.4, -0.2) is 28.7 Å². The second-order valence-electron chi connectivity index (χ2n) is 4.31. The molecule has 0 saturated carbocycles. The van der Waals surface area contributed by atoms with E-state index in [9.17, 15) is 5.11 Å². The Labute approximate surface area is 112 Å². The molecule has 5 nitrogen and oxygen atoms in total. The van der Waals surface area contributed by atoms with Crippen LogP contribution in [0.1, 0.15) is 17.8 Å². The molecule has 0 spiro atoms. The highest BCUT2D eigenvalue weighted by Gasteiger charge is 2.02. The number of methoxy groups -OCH3 is 1. The maximum Gasteiger partial charge on any atom is 0.123 e. The molecule has 0 bridgehead atoms. The Morgan fingerprint density at radius 2 is 2.32 bits per heavy atom. The number of rotatable bonds is 7. The highest BCUT2D eigenvalue weighted by molar-refractivity contribution is 5.39. The summed E-state index contributed by atoms with van der Waals surface area (Å²) in [5, 5.41) is 13.1. The summed E-state index contributed by atoms with van der Waals surface area (Å²) in [4.78, 5) is 7.24. The summed E-state index contributed by atoms with van der Waals surface area (Å²) in [6.07, 6.45) is 5.52. The van der Waals surface area contributed by atoms with E-state index in [1.54, 1.807) is 19.4 Å². The number of H-pyrrole nitrogens is 1. The monoisotopic (exact) mass is 261 g/mol. The van der Waals surface area contributed by atoms with Crippen molar-refractivity contribution in [2.45, 2.75) is 19.4 Å². The number of hydrogen-bond acceptors (Lipinski definition) is 4. The van der Waals surface area contributed by atoms with E-state index >= 15 is 0 Å². The largest absolute Gasteiger partial charge is 0.507 e. The van der Waals surface area contributed by atoms with Gasteiger partial charge in [-0.25, -0.2) is 4.98 Å². The number of aromatic hydroxyl groups is 1. The lowest BCUT2D eigenvalue weighted by atomic mass is 10.2. The highest BCUT2D eigenvalue weighted by atomic mass is 16.5. The average molecular weight is 261 g/mol. The van der Waals surface area contributed by atoms with Gasteiger partial charge in [0, 0.05) is 37.0 Å². The van der Waals surface area contributed by atoms with E-state index < -0.39 is 0 Å². The topological polar surface area (TPSA) is 70.2 Å². The Hall–Kier alpha value is -2.01. The van der Waals surface area contributed by atoms with Gasteiger partial charge in [-0.05, 0) is 19.0 Å². The van der Waals surface area contributed by atoms with E-state index in [1.165, 1.54) is 0 Å². The molecule has 0 aliphatic carbocycles. The number of nitrogens with one attached hydrogen (secondary N) is 2. The molecule has 0 amide bonds. The van der Waals surface area contributed by atoms with E-state index in [1.807, 2.05) is 18.3 Å². The van der Waals surface area contributed by atoms with Gasteiger partial charge in [-0.2, -0.15) is 0 Å². The lowest BCUT2D eigenvalue weighted by Gasteiger charge is -2.08. The first-order valence-corrected chi connectivity index (χ1v) is 6.34. The fourth-order valence-electron chi connectivity index (χ4n) is 1.86. The third-order valence-electron chi connectivity index (χ3n) is 2.93. The summed E-state index contributed by atoms with van der Waals surface area (Å²) >= 11 is 0. The van der Waals surface area contributed by atoms with Gasteiger partial charge >= 0.3 is 0 Å². The molecular weight excluding hydrogens is 242 g/mol. The number of aromatic nitrogens is 2. The second kappa shape index (κ2) is 6.80. The average Bonchev–Trinajstić information content (AvgIpc) is 2.93. The van der Waals surface area contributed by atoms with Crippen molar-refractivity contribution in [2.75, 3.05) is 13.7 Å². The summed E-state index contributed by atoms with van der Waals surface area (Å²) in [5.74, 6) is 1.94. The van der Waals surface area contributed by atoms with Crippen molar-refractivity contribution in [1.82, 2.24) is 15.3 Å². The van der Waals surface area contributed by atoms with Gasteiger partial charge < -0.3 is 20.1 Å². The maximum absolute atomic E-state index is 9.79. The summed E-state index contributed by atoms with van der Waals surface area (Å²) in [6.45, 7) is 1.53. The van der Waals surface area contributed by atoms with Gasteiger partial charge in [-0.1, -0.05) is 6.07 Å². The first-order chi connectivity index (χ1) is 9.29. The van der Waals surface area contributed by atoms with Gasteiger partial charge in [0.1, 0.15) is 17.3 Å². The minimum atomic E-state index is 0.262. The number of ether oxygens (including phenoxy) is 1. The van der Waals surface area contributed by atoms with Crippen LogP contribution in [0.3, 0.4) is 0 Å². The molecule has 0 unspecified atom stereocenters. The lowest BCUT2D eigenvalue weighted by Crippen LogP contribution is -2.15. The number of benzene rings is 1. The van der Waals surface area contributed by atoms with Gasteiger partial charge in [-0.3, -0.25) is 0 Å². The molecular formula is C14H19N3O2. The van der Waals surface area contributed by atoms with E-state index in [4.69, 9.17) is 4.74 Å². The standard InChI is InChI=1S/C14H19N3O2/c1-19-12-5-4-11(13(18)9-12)10-15-6-2-3-14-16-7-8-17-14/h4-5,7-9,15,18H,2-3,6,10H2,1H3,(H,16,17). The molecule has 0 aliphatic rings. The molecule has 2 rings (SSSR count). The van der Waals surface area contributed by atoms with E-state index in [2.05, 4.69) is 15.3 Å². The van der Waals surface area contributed by atoms with Crippen LogP contribution in [0.2, 0.25) is 0 Å². The third-order valence-corrected chi connectivity index (χ3v) is 2.93. The van der Waals surface area contributed by atoms with Crippen LogP contribution in [0, 0.1) is 0 Å². The number of phenolic OH excluding ortho intramolecular Hbond substituents is 1. The second-order valence-corrected chi connectivity index (χ2v) is 4.31. The predicted molar refractivity (Wildman–Crippen MR) is 73.3 cm³/mol. The van der Waals surface area contributed by atoms with Crippen LogP contribution in [0.4, 0.5) is 0 Å². The SMILES string of the molecule is COc1ccc(CNCCCc2ncc[nH]2)c(O)c1. The molecule has 102 valence electrons. The van der Waals surface area contributed by atoms with Crippen molar-refractivity contribution in [3.05, 3.63) is 42.0 Å². The molecule has 3 N–H and O–H groups in total. The van der Waals surface area contributed by atoms with E-state index in [0.717, 1.165) is 30.8 Å². The Morgan fingerprint density at radius 1 is 1.42 bits per heavy atom.